The average molecular weight is 330 g/mol. The van der Waals surface area contributed by atoms with E-state index in [2.05, 4.69) is 19.1 Å². The number of carbonyl (C=O) groups is 2. The zero-order valence-corrected chi connectivity index (χ0v) is 14.4. The lowest BCUT2D eigenvalue weighted by atomic mass is 10.0. The second kappa shape index (κ2) is 6.93. The summed E-state index contributed by atoms with van der Waals surface area (Å²) in [7, 11) is 1.71. The standard InChI is InChI=1S/C19H26N2O3/c1-13-5-3-4-6-15(13)16-11-17(16)19(24)20(2)12-18(23)21-9-7-14(22)8-10-21/h3-6,14,16-17,22H,7-12H2,1-2H3. The van der Waals surface area contributed by atoms with Crippen molar-refractivity contribution in [3.05, 3.63) is 35.4 Å². The molecule has 1 aromatic carbocycles. The van der Waals surface area contributed by atoms with Crippen LogP contribution < -0.4 is 0 Å². The summed E-state index contributed by atoms with van der Waals surface area (Å²) in [5.74, 6) is 0.341. The topological polar surface area (TPSA) is 60.9 Å². The number of nitrogens with zero attached hydrogens (tertiary/aromatic N) is 2. The molecule has 24 heavy (non-hydrogen) atoms. The Bertz CT molecular complexity index is 623. The minimum Gasteiger partial charge on any atom is -0.393 e. The summed E-state index contributed by atoms with van der Waals surface area (Å²) in [4.78, 5) is 28.2. The third-order valence-corrected chi connectivity index (χ3v) is 5.26. The molecule has 1 aliphatic carbocycles. The van der Waals surface area contributed by atoms with Crippen molar-refractivity contribution in [2.45, 2.75) is 38.2 Å². The van der Waals surface area contributed by atoms with Crippen molar-refractivity contribution >= 4 is 11.8 Å². The number of hydrogen-bond acceptors (Lipinski definition) is 3. The first kappa shape index (κ1) is 17.0. The van der Waals surface area contributed by atoms with Gasteiger partial charge in [0, 0.05) is 26.1 Å². The molecule has 2 unspecified atom stereocenters. The molecular weight excluding hydrogens is 304 g/mol. The lowest BCUT2D eigenvalue weighted by Crippen LogP contribution is -2.45. The fourth-order valence-electron chi connectivity index (χ4n) is 3.59. The predicted molar refractivity (Wildman–Crippen MR) is 91.5 cm³/mol. The van der Waals surface area contributed by atoms with E-state index in [4.69, 9.17) is 0 Å². The monoisotopic (exact) mass is 330 g/mol. The number of likely N-dealkylation sites (N-methyl/N-ethyl adjacent to an activating group) is 1. The molecule has 0 spiro atoms. The van der Waals surface area contributed by atoms with Gasteiger partial charge in [0.1, 0.15) is 0 Å². The maximum Gasteiger partial charge on any atom is 0.242 e. The van der Waals surface area contributed by atoms with Gasteiger partial charge in [-0.15, -0.1) is 0 Å². The van der Waals surface area contributed by atoms with E-state index in [1.54, 1.807) is 16.8 Å². The third kappa shape index (κ3) is 3.61. The number of piperidine rings is 1. The van der Waals surface area contributed by atoms with E-state index in [1.807, 2.05) is 12.1 Å². The molecule has 2 atom stereocenters. The van der Waals surface area contributed by atoms with Crippen LogP contribution >= 0.6 is 0 Å². The summed E-state index contributed by atoms with van der Waals surface area (Å²) in [5, 5.41) is 9.52. The van der Waals surface area contributed by atoms with Gasteiger partial charge in [-0.05, 0) is 43.2 Å². The smallest absolute Gasteiger partial charge is 0.242 e. The molecule has 5 heteroatoms. The zero-order valence-electron chi connectivity index (χ0n) is 14.4. The van der Waals surface area contributed by atoms with E-state index in [0.29, 0.717) is 31.8 Å². The van der Waals surface area contributed by atoms with Gasteiger partial charge in [-0.25, -0.2) is 0 Å². The summed E-state index contributed by atoms with van der Waals surface area (Å²) in [6.07, 6.45) is 1.83. The molecule has 1 saturated heterocycles. The summed E-state index contributed by atoms with van der Waals surface area (Å²) < 4.78 is 0. The molecule has 1 saturated carbocycles. The summed E-state index contributed by atoms with van der Waals surface area (Å²) >= 11 is 0. The highest BCUT2D eigenvalue weighted by Gasteiger charge is 2.45. The fourth-order valence-corrected chi connectivity index (χ4v) is 3.59. The molecule has 130 valence electrons. The van der Waals surface area contributed by atoms with Gasteiger partial charge in [-0.1, -0.05) is 24.3 Å². The number of benzene rings is 1. The number of amides is 2. The molecule has 0 bridgehead atoms. The van der Waals surface area contributed by atoms with Crippen molar-refractivity contribution in [3.8, 4) is 0 Å². The SMILES string of the molecule is Cc1ccccc1C1CC1C(=O)N(C)CC(=O)N1CCC(O)CC1. The van der Waals surface area contributed by atoms with Crippen LogP contribution in [0.2, 0.25) is 0 Å². The first-order chi connectivity index (χ1) is 11.5. The van der Waals surface area contributed by atoms with Crippen LogP contribution in [0.25, 0.3) is 0 Å². The highest BCUT2D eigenvalue weighted by Crippen LogP contribution is 2.49. The van der Waals surface area contributed by atoms with Crippen LogP contribution in [0.3, 0.4) is 0 Å². The second-order valence-corrected chi connectivity index (χ2v) is 7.11. The molecule has 2 aliphatic rings. The van der Waals surface area contributed by atoms with E-state index >= 15 is 0 Å². The maximum atomic E-state index is 12.6. The number of aliphatic hydroxyl groups excluding tert-OH is 1. The van der Waals surface area contributed by atoms with Gasteiger partial charge in [0.05, 0.1) is 12.6 Å². The zero-order chi connectivity index (χ0) is 17.3. The summed E-state index contributed by atoms with van der Waals surface area (Å²) in [6, 6.07) is 8.20. The second-order valence-electron chi connectivity index (χ2n) is 7.11. The first-order valence-corrected chi connectivity index (χ1v) is 8.73. The van der Waals surface area contributed by atoms with Gasteiger partial charge in [-0.2, -0.15) is 0 Å². The number of hydrogen-bond donors (Lipinski definition) is 1. The Kier molecular flexibility index (Phi) is 4.90. The summed E-state index contributed by atoms with van der Waals surface area (Å²) in [5.41, 5.74) is 2.48. The quantitative estimate of drug-likeness (QED) is 0.911. The molecule has 1 aromatic rings. The van der Waals surface area contributed by atoms with E-state index in [-0.39, 0.29) is 30.4 Å². The van der Waals surface area contributed by atoms with Gasteiger partial charge in [0.25, 0.3) is 0 Å². The van der Waals surface area contributed by atoms with Gasteiger partial charge in [0.2, 0.25) is 11.8 Å². The van der Waals surface area contributed by atoms with Crippen molar-refractivity contribution in [2.75, 3.05) is 26.7 Å². The molecule has 1 heterocycles. The Labute approximate surface area is 143 Å². The number of aryl methyl sites for hydroxylation is 1. The minimum atomic E-state index is -0.297. The van der Waals surface area contributed by atoms with Crippen LogP contribution in [0.1, 0.15) is 36.3 Å². The molecule has 2 amide bonds. The maximum absolute atomic E-state index is 12.6. The van der Waals surface area contributed by atoms with Crippen molar-refractivity contribution in [2.24, 2.45) is 5.92 Å². The van der Waals surface area contributed by atoms with Gasteiger partial charge >= 0.3 is 0 Å². The van der Waals surface area contributed by atoms with Crippen LogP contribution in [0, 0.1) is 12.8 Å². The summed E-state index contributed by atoms with van der Waals surface area (Å²) in [6.45, 7) is 3.37. The van der Waals surface area contributed by atoms with Crippen LogP contribution in [0.5, 0.6) is 0 Å². The van der Waals surface area contributed by atoms with Crippen molar-refractivity contribution in [1.82, 2.24) is 9.80 Å². The Hall–Kier alpha value is -1.88. The fraction of sp³-hybridized carbons (Fsp3) is 0.579. The van der Waals surface area contributed by atoms with E-state index in [0.717, 1.165) is 6.42 Å². The lowest BCUT2D eigenvalue weighted by Gasteiger charge is -2.31. The molecule has 5 nitrogen and oxygen atoms in total. The largest absolute Gasteiger partial charge is 0.393 e. The molecular formula is C19H26N2O3. The molecule has 1 aliphatic heterocycles. The van der Waals surface area contributed by atoms with Crippen LogP contribution in [-0.4, -0.2) is 59.5 Å². The van der Waals surface area contributed by atoms with Crippen molar-refractivity contribution in [3.63, 3.8) is 0 Å². The Morgan fingerprint density at radius 3 is 2.58 bits per heavy atom. The molecule has 3 rings (SSSR count). The van der Waals surface area contributed by atoms with Crippen LogP contribution in [-0.2, 0) is 9.59 Å². The minimum absolute atomic E-state index is 0.00655. The van der Waals surface area contributed by atoms with Crippen molar-refractivity contribution < 1.29 is 14.7 Å². The lowest BCUT2D eigenvalue weighted by molar-refractivity contribution is -0.141. The normalized spacial score (nSPS) is 23.9. The predicted octanol–water partition coefficient (Wildman–Crippen LogP) is 1.54. The number of likely N-dealkylation sites (tertiary alicyclic amines) is 1. The van der Waals surface area contributed by atoms with Gasteiger partial charge in [0.15, 0.2) is 0 Å². The van der Waals surface area contributed by atoms with Gasteiger partial charge in [-0.3, -0.25) is 9.59 Å². The Morgan fingerprint density at radius 1 is 1.25 bits per heavy atom. The Balaban J connectivity index is 1.53. The number of carbonyl (C=O) groups excluding carboxylic acids is 2. The van der Waals surface area contributed by atoms with E-state index < -0.39 is 0 Å². The molecule has 0 aromatic heterocycles. The molecule has 0 radical (unpaired) electrons. The van der Waals surface area contributed by atoms with Crippen LogP contribution in [0.4, 0.5) is 0 Å². The molecule has 1 N–H and O–H groups in total. The van der Waals surface area contributed by atoms with Crippen LogP contribution in [0.15, 0.2) is 24.3 Å². The van der Waals surface area contributed by atoms with E-state index in [1.165, 1.54) is 11.1 Å². The Morgan fingerprint density at radius 2 is 1.92 bits per heavy atom. The number of rotatable bonds is 4. The third-order valence-electron chi connectivity index (χ3n) is 5.26. The molecule has 2 fully saturated rings. The number of aliphatic hydroxyl groups is 1. The highest BCUT2D eigenvalue weighted by molar-refractivity contribution is 5.88. The van der Waals surface area contributed by atoms with Crippen molar-refractivity contribution in [1.29, 1.82) is 0 Å². The highest BCUT2D eigenvalue weighted by atomic mass is 16.3. The van der Waals surface area contributed by atoms with Gasteiger partial charge < -0.3 is 14.9 Å². The average Bonchev–Trinajstić information content (AvgIpc) is 3.35. The van der Waals surface area contributed by atoms with E-state index in [9.17, 15) is 14.7 Å². The first-order valence-electron chi connectivity index (χ1n) is 8.73.